The number of benzene rings is 2. The Morgan fingerprint density at radius 2 is 1.74 bits per heavy atom. The highest BCUT2D eigenvalue weighted by molar-refractivity contribution is 7.09. The van der Waals surface area contributed by atoms with Gasteiger partial charge in [-0.2, -0.15) is 4.99 Å². The van der Waals surface area contributed by atoms with Crippen molar-refractivity contribution in [1.82, 2.24) is 9.47 Å². The van der Waals surface area contributed by atoms with E-state index in [1.807, 2.05) is 72.7 Å². The van der Waals surface area contributed by atoms with Gasteiger partial charge in [0.1, 0.15) is 0 Å². The Bertz CT molecular complexity index is 1200. The first-order chi connectivity index (χ1) is 14.9. The van der Waals surface area contributed by atoms with E-state index >= 15 is 0 Å². The van der Waals surface area contributed by atoms with Crippen LogP contribution in [0.3, 0.4) is 0 Å². The second kappa shape index (κ2) is 9.02. The summed E-state index contributed by atoms with van der Waals surface area (Å²) < 4.78 is 2.05. The highest BCUT2D eigenvalue weighted by Crippen LogP contribution is 2.19. The van der Waals surface area contributed by atoms with Gasteiger partial charge in [-0.3, -0.25) is 9.59 Å². The van der Waals surface area contributed by atoms with Crippen LogP contribution in [-0.4, -0.2) is 34.4 Å². The van der Waals surface area contributed by atoms with Gasteiger partial charge in [-0.15, -0.1) is 11.3 Å². The third kappa shape index (κ3) is 4.54. The molecule has 0 spiro atoms. The van der Waals surface area contributed by atoms with Crippen molar-refractivity contribution in [3.05, 3.63) is 86.2 Å². The maximum atomic E-state index is 13.1. The van der Waals surface area contributed by atoms with E-state index in [2.05, 4.69) is 4.99 Å². The molecule has 0 bridgehead atoms. The topological polar surface area (TPSA) is 54.7 Å². The van der Waals surface area contributed by atoms with E-state index in [0.29, 0.717) is 16.9 Å². The molecule has 1 aliphatic rings. The van der Waals surface area contributed by atoms with E-state index in [0.717, 1.165) is 53.2 Å². The summed E-state index contributed by atoms with van der Waals surface area (Å²) in [6.45, 7) is 8.18. The zero-order chi connectivity index (χ0) is 22.0. The summed E-state index contributed by atoms with van der Waals surface area (Å²) in [5, 5.41) is 0. The predicted octanol–water partition coefficient (Wildman–Crippen LogP) is 4.50. The summed E-state index contributed by atoms with van der Waals surface area (Å²) in [4.78, 5) is 34.0. The number of amides is 2. The third-order valence-electron chi connectivity index (χ3n) is 5.82. The molecule has 1 saturated heterocycles. The van der Waals surface area contributed by atoms with Crippen LogP contribution in [0.25, 0.3) is 0 Å². The molecule has 6 heteroatoms. The largest absolute Gasteiger partial charge is 0.339 e. The molecule has 1 aliphatic heterocycles. The SMILES string of the molecule is Cc1cccc(C(=O)N=c2sc(C)c(C)n2Cc2ccccc2C(=O)N2CCCC2)c1. The molecule has 2 aromatic carbocycles. The number of hydrogen-bond donors (Lipinski definition) is 0. The molecule has 31 heavy (non-hydrogen) atoms. The fourth-order valence-electron chi connectivity index (χ4n) is 3.93. The van der Waals surface area contributed by atoms with Crippen molar-refractivity contribution >= 4 is 23.2 Å². The number of nitrogens with zero attached hydrogens (tertiary/aromatic N) is 3. The molecule has 4 rings (SSSR count). The lowest BCUT2D eigenvalue weighted by atomic mass is 10.1. The maximum Gasteiger partial charge on any atom is 0.279 e. The Morgan fingerprint density at radius 3 is 2.48 bits per heavy atom. The molecule has 0 aliphatic carbocycles. The molecule has 1 fully saturated rings. The van der Waals surface area contributed by atoms with Crippen molar-refractivity contribution in [1.29, 1.82) is 0 Å². The quantitative estimate of drug-likeness (QED) is 0.608. The molecule has 0 radical (unpaired) electrons. The van der Waals surface area contributed by atoms with E-state index < -0.39 is 0 Å². The van der Waals surface area contributed by atoms with Crippen molar-refractivity contribution in [3.8, 4) is 0 Å². The van der Waals surface area contributed by atoms with Gasteiger partial charge in [-0.1, -0.05) is 35.9 Å². The van der Waals surface area contributed by atoms with Gasteiger partial charge in [0.25, 0.3) is 11.8 Å². The van der Waals surface area contributed by atoms with Crippen LogP contribution in [0, 0.1) is 20.8 Å². The molecular weight excluding hydrogens is 406 g/mol. The predicted molar refractivity (Wildman–Crippen MR) is 124 cm³/mol. The third-order valence-corrected chi connectivity index (χ3v) is 6.92. The van der Waals surface area contributed by atoms with E-state index in [9.17, 15) is 9.59 Å². The van der Waals surface area contributed by atoms with E-state index in [1.165, 1.54) is 11.3 Å². The highest BCUT2D eigenvalue weighted by Gasteiger charge is 2.22. The zero-order valence-electron chi connectivity index (χ0n) is 18.2. The second-order valence-electron chi connectivity index (χ2n) is 8.06. The van der Waals surface area contributed by atoms with Crippen LogP contribution in [-0.2, 0) is 6.54 Å². The van der Waals surface area contributed by atoms with Crippen LogP contribution in [0.5, 0.6) is 0 Å². The van der Waals surface area contributed by atoms with Gasteiger partial charge >= 0.3 is 0 Å². The minimum atomic E-state index is -0.250. The summed E-state index contributed by atoms with van der Waals surface area (Å²) in [7, 11) is 0. The normalized spacial score (nSPS) is 14.3. The number of hydrogen-bond acceptors (Lipinski definition) is 3. The van der Waals surface area contributed by atoms with Crippen molar-refractivity contribution in [2.45, 2.75) is 40.2 Å². The van der Waals surface area contributed by atoms with E-state index in [4.69, 9.17) is 0 Å². The van der Waals surface area contributed by atoms with Crippen molar-refractivity contribution in [2.24, 2.45) is 4.99 Å². The average molecular weight is 434 g/mol. The molecule has 0 unspecified atom stereocenters. The summed E-state index contributed by atoms with van der Waals surface area (Å²) >= 11 is 1.51. The van der Waals surface area contributed by atoms with Crippen LogP contribution in [0.4, 0.5) is 0 Å². The van der Waals surface area contributed by atoms with Crippen molar-refractivity contribution in [2.75, 3.05) is 13.1 Å². The summed E-state index contributed by atoms with van der Waals surface area (Å²) in [6.07, 6.45) is 2.13. The first-order valence-corrected chi connectivity index (χ1v) is 11.5. The molecule has 5 nitrogen and oxygen atoms in total. The standard InChI is InChI=1S/C25H27N3O2S/c1-17-9-8-11-20(15-17)23(29)26-25-28(18(2)19(3)31-25)16-21-10-4-5-12-22(21)24(30)27-13-6-7-14-27/h4-5,8-12,15H,6-7,13-14,16H2,1-3H3. The number of likely N-dealkylation sites (tertiary alicyclic amines) is 1. The first-order valence-electron chi connectivity index (χ1n) is 10.6. The van der Waals surface area contributed by atoms with Crippen LogP contribution in [0.2, 0.25) is 0 Å². The molecule has 1 aromatic heterocycles. The monoisotopic (exact) mass is 433 g/mol. The molecule has 160 valence electrons. The first kappa shape index (κ1) is 21.2. The van der Waals surface area contributed by atoms with Crippen molar-refractivity contribution in [3.63, 3.8) is 0 Å². The van der Waals surface area contributed by atoms with Gasteiger partial charge in [0.2, 0.25) is 0 Å². The van der Waals surface area contributed by atoms with Crippen LogP contribution in [0.1, 0.15) is 55.3 Å². The van der Waals surface area contributed by atoms with Gasteiger partial charge in [0, 0.05) is 34.8 Å². The number of aryl methyl sites for hydroxylation is 2. The van der Waals surface area contributed by atoms with E-state index in [1.54, 1.807) is 6.07 Å². The minimum absolute atomic E-state index is 0.0904. The Kier molecular flexibility index (Phi) is 6.18. The van der Waals surface area contributed by atoms with Gasteiger partial charge < -0.3 is 9.47 Å². The van der Waals surface area contributed by atoms with Crippen LogP contribution < -0.4 is 4.80 Å². The highest BCUT2D eigenvalue weighted by atomic mass is 32.1. The fourth-order valence-corrected chi connectivity index (χ4v) is 4.90. The number of rotatable bonds is 4. The number of thiazole rings is 1. The second-order valence-corrected chi connectivity index (χ2v) is 9.24. The van der Waals surface area contributed by atoms with Crippen LogP contribution in [0.15, 0.2) is 53.5 Å². The molecule has 2 amide bonds. The van der Waals surface area contributed by atoms with Gasteiger partial charge in [-0.05, 0) is 57.4 Å². The summed E-state index contributed by atoms with van der Waals surface area (Å²) in [5.74, 6) is -0.159. The molecule has 2 heterocycles. The lowest BCUT2D eigenvalue weighted by Gasteiger charge is -2.18. The Morgan fingerprint density at radius 1 is 1.00 bits per heavy atom. The maximum absolute atomic E-state index is 13.1. The lowest BCUT2D eigenvalue weighted by Crippen LogP contribution is -2.29. The van der Waals surface area contributed by atoms with Gasteiger partial charge in [0.15, 0.2) is 4.80 Å². The molecule has 0 atom stereocenters. The summed E-state index contributed by atoms with van der Waals surface area (Å²) in [6, 6.07) is 15.3. The minimum Gasteiger partial charge on any atom is -0.339 e. The zero-order valence-corrected chi connectivity index (χ0v) is 19.0. The molecular formula is C25H27N3O2S. The molecule has 0 N–H and O–H groups in total. The van der Waals surface area contributed by atoms with Crippen LogP contribution >= 0.6 is 11.3 Å². The lowest BCUT2D eigenvalue weighted by molar-refractivity contribution is 0.0791. The van der Waals surface area contributed by atoms with Gasteiger partial charge in [-0.25, -0.2) is 0 Å². The number of aromatic nitrogens is 1. The smallest absolute Gasteiger partial charge is 0.279 e. The summed E-state index contributed by atoms with van der Waals surface area (Å²) in [5.41, 5.74) is 4.35. The van der Waals surface area contributed by atoms with Gasteiger partial charge in [0.05, 0.1) is 6.54 Å². The van der Waals surface area contributed by atoms with Crippen molar-refractivity contribution < 1.29 is 9.59 Å². The molecule has 0 saturated carbocycles. The fraction of sp³-hybridized carbons (Fsp3) is 0.320. The average Bonchev–Trinajstić information content (AvgIpc) is 3.39. The number of carbonyl (C=O) groups is 2. The Labute approximate surface area is 186 Å². The van der Waals surface area contributed by atoms with E-state index in [-0.39, 0.29) is 11.8 Å². The molecule has 3 aromatic rings. The Balaban J connectivity index is 1.71. The number of carbonyl (C=O) groups excluding carboxylic acids is 2. The Hall–Kier alpha value is -2.99.